The Hall–Kier alpha value is -2.95. The molecule has 0 heterocycles. The van der Waals surface area contributed by atoms with Crippen molar-refractivity contribution in [2.24, 2.45) is 5.92 Å². The summed E-state index contributed by atoms with van der Waals surface area (Å²) in [5.74, 6) is -0.665. The van der Waals surface area contributed by atoms with Crippen LogP contribution in [0.3, 0.4) is 0 Å². The molecule has 0 aliphatic rings. The van der Waals surface area contributed by atoms with Gasteiger partial charge in [0.25, 0.3) is 0 Å². The van der Waals surface area contributed by atoms with Crippen molar-refractivity contribution in [1.82, 2.24) is 5.32 Å². The molecule has 0 saturated carbocycles. The quantitative estimate of drug-likeness (QED) is 0.403. The van der Waals surface area contributed by atoms with Gasteiger partial charge in [-0.15, -0.1) is 0 Å². The topological polar surface area (TPSA) is 47.6 Å². The number of carbonyl (C=O) groups excluding carboxylic acids is 1. The number of hydrogen-bond donors (Lipinski definition) is 1. The molecule has 0 saturated heterocycles. The molecule has 0 radical (unpaired) electrons. The fraction of sp³-hybridized carbons (Fsp3) is 0.269. The lowest BCUT2D eigenvalue weighted by Crippen LogP contribution is -2.37. The van der Waals surface area contributed by atoms with Crippen LogP contribution in [-0.2, 0) is 20.7 Å². The minimum absolute atomic E-state index is 0.250. The second-order valence-electron chi connectivity index (χ2n) is 7.40. The van der Waals surface area contributed by atoms with Gasteiger partial charge >= 0.3 is 5.97 Å². The van der Waals surface area contributed by atoms with Gasteiger partial charge in [-0.3, -0.25) is 10.1 Å². The summed E-state index contributed by atoms with van der Waals surface area (Å²) >= 11 is 0. The first-order valence-electron chi connectivity index (χ1n) is 10.1. The minimum atomic E-state index is -0.415. The van der Waals surface area contributed by atoms with Gasteiger partial charge in [0.2, 0.25) is 0 Å². The van der Waals surface area contributed by atoms with Crippen molar-refractivity contribution < 1.29 is 14.3 Å². The number of carbonyl (C=O) groups is 1. The molecule has 30 heavy (non-hydrogen) atoms. The van der Waals surface area contributed by atoms with E-state index < -0.39 is 5.92 Å². The average Bonchev–Trinajstić information content (AvgIpc) is 2.80. The Kier molecular flexibility index (Phi) is 7.77. The van der Waals surface area contributed by atoms with Crippen LogP contribution in [0.2, 0.25) is 0 Å². The van der Waals surface area contributed by atoms with Gasteiger partial charge in [-0.2, -0.15) is 0 Å². The van der Waals surface area contributed by atoms with E-state index in [4.69, 9.17) is 9.47 Å². The van der Waals surface area contributed by atoms with E-state index in [9.17, 15) is 4.79 Å². The summed E-state index contributed by atoms with van der Waals surface area (Å²) in [6.45, 7) is 2.05. The summed E-state index contributed by atoms with van der Waals surface area (Å²) in [6.07, 6.45) is 0.199. The highest BCUT2D eigenvalue weighted by molar-refractivity contribution is 5.74. The van der Waals surface area contributed by atoms with E-state index in [1.165, 1.54) is 12.7 Å². The van der Waals surface area contributed by atoms with Crippen molar-refractivity contribution in [3.63, 3.8) is 0 Å². The van der Waals surface area contributed by atoms with Crippen LogP contribution >= 0.6 is 0 Å². The Balaban J connectivity index is 1.99. The predicted octanol–water partition coefficient (Wildman–Crippen LogP) is 5.00. The molecule has 3 rings (SSSR count). The molecular weight excluding hydrogens is 374 g/mol. The molecule has 3 aromatic carbocycles. The second-order valence-corrected chi connectivity index (χ2v) is 7.40. The highest BCUT2D eigenvalue weighted by atomic mass is 16.5. The molecule has 156 valence electrons. The number of ether oxygens (including phenoxy) is 2. The first-order chi connectivity index (χ1) is 14.6. The Morgan fingerprint density at radius 3 is 2.00 bits per heavy atom. The zero-order chi connectivity index (χ0) is 21.3. The summed E-state index contributed by atoms with van der Waals surface area (Å²) < 4.78 is 11.0. The Morgan fingerprint density at radius 2 is 1.43 bits per heavy atom. The third kappa shape index (κ3) is 5.56. The first-order valence-corrected chi connectivity index (χ1v) is 10.1. The maximum Gasteiger partial charge on any atom is 0.310 e. The summed E-state index contributed by atoms with van der Waals surface area (Å²) in [5, 5.41) is 3.57. The molecule has 1 N–H and O–H groups in total. The van der Waals surface area contributed by atoms with Crippen molar-refractivity contribution in [3.05, 3.63) is 107 Å². The number of hydrogen-bond acceptors (Lipinski definition) is 4. The molecule has 0 aromatic heterocycles. The van der Waals surface area contributed by atoms with Gasteiger partial charge in [-0.05, 0) is 30.0 Å². The lowest BCUT2D eigenvalue weighted by atomic mass is 9.87. The predicted molar refractivity (Wildman–Crippen MR) is 119 cm³/mol. The smallest absolute Gasteiger partial charge is 0.310 e. The molecule has 0 bridgehead atoms. The van der Waals surface area contributed by atoms with Gasteiger partial charge in [0.15, 0.2) is 0 Å². The molecule has 0 aliphatic carbocycles. The highest BCUT2D eigenvalue weighted by Crippen LogP contribution is 2.30. The number of aryl methyl sites for hydroxylation is 1. The zero-order valence-corrected chi connectivity index (χ0v) is 17.7. The summed E-state index contributed by atoms with van der Waals surface area (Å²) in [6, 6.07) is 27.9. The zero-order valence-electron chi connectivity index (χ0n) is 17.7. The van der Waals surface area contributed by atoms with Gasteiger partial charge < -0.3 is 9.47 Å². The number of benzene rings is 3. The van der Waals surface area contributed by atoms with Crippen LogP contribution < -0.4 is 5.32 Å². The lowest BCUT2D eigenvalue weighted by molar-refractivity contribution is -0.147. The van der Waals surface area contributed by atoms with Gasteiger partial charge in [-0.1, -0.05) is 90.5 Å². The van der Waals surface area contributed by atoms with Gasteiger partial charge in [-0.25, -0.2) is 0 Å². The Labute approximate surface area is 178 Å². The summed E-state index contributed by atoms with van der Waals surface area (Å²) in [7, 11) is 3.11. The molecule has 4 heteroatoms. The number of nitrogens with one attached hydrogen (secondary N) is 1. The van der Waals surface area contributed by atoms with Crippen molar-refractivity contribution in [1.29, 1.82) is 0 Å². The fourth-order valence-electron chi connectivity index (χ4n) is 3.67. The maximum atomic E-state index is 12.9. The normalized spacial score (nSPS) is 14.0. The summed E-state index contributed by atoms with van der Waals surface area (Å²) in [5.41, 5.74) is 4.27. The van der Waals surface area contributed by atoms with Crippen LogP contribution in [0.5, 0.6) is 0 Å². The maximum absolute atomic E-state index is 12.9. The number of esters is 1. The van der Waals surface area contributed by atoms with E-state index in [0.717, 1.165) is 16.7 Å². The third-order valence-corrected chi connectivity index (χ3v) is 5.31. The first kappa shape index (κ1) is 21.8. The molecular formula is C26H29NO3. The third-order valence-electron chi connectivity index (χ3n) is 5.31. The van der Waals surface area contributed by atoms with E-state index in [2.05, 4.69) is 36.5 Å². The summed E-state index contributed by atoms with van der Waals surface area (Å²) in [4.78, 5) is 12.9. The van der Waals surface area contributed by atoms with Crippen molar-refractivity contribution in [2.45, 2.75) is 25.6 Å². The molecule has 0 spiro atoms. The standard InChI is InChI=1S/C26H29NO3/c1-19-14-16-21(17-15-19)24(27-25(29-2)22-12-8-5-9-13-22)23(26(28)30-3)18-20-10-6-4-7-11-20/h4-17,23-25,27H,18H2,1-3H3/t23-,24+,25+/m0/s1. The molecule has 0 amide bonds. The van der Waals surface area contributed by atoms with Crippen LogP contribution in [-0.4, -0.2) is 20.2 Å². The minimum Gasteiger partial charge on any atom is -0.469 e. The van der Waals surface area contributed by atoms with E-state index in [1.54, 1.807) is 7.11 Å². The molecule has 3 atom stereocenters. The van der Waals surface area contributed by atoms with Crippen molar-refractivity contribution in [3.8, 4) is 0 Å². The molecule has 0 aliphatic heterocycles. The van der Waals surface area contributed by atoms with Crippen molar-refractivity contribution >= 4 is 5.97 Å². The van der Waals surface area contributed by atoms with E-state index in [0.29, 0.717) is 6.42 Å². The van der Waals surface area contributed by atoms with Crippen molar-refractivity contribution in [2.75, 3.05) is 14.2 Å². The van der Waals surface area contributed by atoms with E-state index in [-0.39, 0.29) is 18.2 Å². The van der Waals surface area contributed by atoms with Gasteiger partial charge in [0, 0.05) is 13.2 Å². The van der Waals surface area contributed by atoms with Crippen LogP contribution in [0.1, 0.15) is 34.5 Å². The number of methoxy groups -OCH3 is 2. The monoisotopic (exact) mass is 403 g/mol. The molecule has 3 aromatic rings. The van der Waals surface area contributed by atoms with E-state index in [1.807, 2.05) is 60.7 Å². The SMILES string of the molecule is COC(=O)[C@@H](Cc1ccccc1)[C@H](N[C@H](OC)c1ccccc1)c1ccc(C)cc1. The van der Waals surface area contributed by atoms with Crippen LogP contribution in [0, 0.1) is 12.8 Å². The number of rotatable bonds is 9. The highest BCUT2D eigenvalue weighted by Gasteiger charge is 2.32. The van der Waals surface area contributed by atoms with Crippen LogP contribution in [0.4, 0.5) is 0 Å². The molecule has 4 nitrogen and oxygen atoms in total. The van der Waals surface area contributed by atoms with E-state index >= 15 is 0 Å². The second kappa shape index (κ2) is 10.7. The average molecular weight is 404 g/mol. The van der Waals surface area contributed by atoms with Crippen LogP contribution in [0.25, 0.3) is 0 Å². The Bertz CT molecular complexity index is 910. The lowest BCUT2D eigenvalue weighted by Gasteiger charge is -2.31. The van der Waals surface area contributed by atoms with Gasteiger partial charge in [0.05, 0.1) is 13.0 Å². The largest absolute Gasteiger partial charge is 0.469 e. The Morgan fingerprint density at radius 1 is 0.833 bits per heavy atom. The molecule has 0 unspecified atom stereocenters. The van der Waals surface area contributed by atoms with Gasteiger partial charge in [0.1, 0.15) is 6.23 Å². The fourth-order valence-corrected chi connectivity index (χ4v) is 3.67. The van der Waals surface area contributed by atoms with Crippen LogP contribution in [0.15, 0.2) is 84.9 Å². The molecule has 0 fully saturated rings.